The number of rotatable bonds is 1. The second kappa shape index (κ2) is 2.86. The third kappa shape index (κ3) is 1.38. The van der Waals surface area contributed by atoms with Crippen LogP contribution in [0.15, 0.2) is 11.6 Å². The molecule has 0 spiro atoms. The fourth-order valence-corrected chi connectivity index (χ4v) is 1.19. The normalized spacial score (nSPS) is 24.2. The van der Waals surface area contributed by atoms with Gasteiger partial charge in [-0.05, 0) is 18.8 Å². The SMILES string of the molecule is COC(=O)C1=CC(C)CC1. The lowest BCUT2D eigenvalue weighted by Gasteiger charge is -1.95. The predicted molar refractivity (Wildman–Crippen MR) is 38.5 cm³/mol. The maximum Gasteiger partial charge on any atom is 0.333 e. The summed E-state index contributed by atoms with van der Waals surface area (Å²) in [5.41, 5.74) is 0.843. The summed E-state index contributed by atoms with van der Waals surface area (Å²) in [6.07, 6.45) is 3.96. The number of ether oxygens (including phenoxy) is 1. The summed E-state index contributed by atoms with van der Waals surface area (Å²) in [5, 5.41) is 0. The van der Waals surface area contributed by atoms with Gasteiger partial charge < -0.3 is 4.74 Å². The van der Waals surface area contributed by atoms with Gasteiger partial charge in [0.25, 0.3) is 0 Å². The monoisotopic (exact) mass is 140 g/mol. The highest BCUT2D eigenvalue weighted by Gasteiger charge is 2.17. The summed E-state index contributed by atoms with van der Waals surface area (Å²) in [6.45, 7) is 2.11. The van der Waals surface area contributed by atoms with Crippen molar-refractivity contribution in [2.24, 2.45) is 5.92 Å². The van der Waals surface area contributed by atoms with Crippen molar-refractivity contribution in [2.45, 2.75) is 19.8 Å². The summed E-state index contributed by atoms with van der Waals surface area (Å²) < 4.78 is 4.58. The minimum absolute atomic E-state index is 0.163. The van der Waals surface area contributed by atoms with Gasteiger partial charge >= 0.3 is 5.97 Å². The van der Waals surface area contributed by atoms with E-state index in [1.54, 1.807) is 0 Å². The van der Waals surface area contributed by atoms with Gasteiger partial charge in [-0.1, -0.05) is 13.0 Å². The Morgan fingerprint density at radius 3 is 2.90 bits per heavy atom. The van der Waals surface area contributed by atoms with Crippen LogP contribution in [0.4, 0.5) is 0 Å². The fourth-order valence-electron chi connectivity index (χ4n) is 1.19. The minimum Gasteiger partial charge on any atom is -0.466 e. The molecule has 1 aliphatic carbocycles. The highest BCUT2D eigenvalue weighted by Crippen LogP contribution is 2.23. The average Bonchev–Trinajstić information content (AvgIpc) is 2.34. The molecule has 0 aromatic heterocycles. The van der Waals surface area contributed by atoms with E-state index >= 15 is 0 Å². The van der Waals surface area contributed by atoms with Gasteiger partial charge in [-0.2, -0.15) is 0 Å². The van der Waals surface area contributed by atoms with Crippen molar-refractivity contribution in [3.8, 4) is 0 Å². The highest BCUT2D eigenvalue weighted by atomic mass is 16.5. The molecule has 1 unspecified atom stereocenters. The number of esters is 1. The van der Waals surface area contributed by atoms with Gasteiger partial charge in [0.2, 0.25) is 0 Å². The zero-order chi connectivity index (χ0) is 7.56. The summed E-state index contributed by atoms with van der Waals surface area (Å²) in [7, 11) is 1.42. The average molecular weight is 140 g/mol. The molecule has 1 aliphatic rings. The van der Waals surface area contributed by atoms with Crippen LogP contribution < -0.4 is 0 Å². The van der Waals surface area contributed by atoms with Crippen LogP contribution in [-0.2, 0) is 9.53 Å². The first kappa shape index (κ1) is 7.32. The van der Waals surface area contributed by atoms with Gasteiger partial charge in [0.05, 0.1) is 7.11 Å². The smallest absolute Gasteiger partial charge is 0.333 e. The van der Waals surface area contributed by atoms with Crippen LogP contribution in [-0.4, -0.2) is 13.1 Å². The highest BCUT2D eigenvalue weighted by molar-refractivity contribution is 5.88. The van der Waals surface area contributed by atoms with Gasteiger partial charge in [0.1, 0.15) is 0 Å². The molecule has 0 fully saturated rings. The number of methoxy groups -OCH3 is 1. The Balaban J connectivity index is 2.57. The van der Waals surface area contributed by atoms with E-state index in [2.05, 4.69) is 11.7 Å². The van der Waals surface area contributed by atoms with Crippen LogP contribution >= 0.6 is 0 Å². The standard InChI is InChI=1S/C8H12O2/c1-6-3-4-7(5-6)8(9)10-2/h5-6H,3-4H2,1-2H3. The Bertz CT molecular complexity index is 170. The van der Waals surface area contributed by atoms with Gasteiger partial charge in [-0.15, -0.1) is 0 Å². The molecule has 1 rings (SSSR count). The van der Waals surface area contributed by atoms with E-state index in [-0.39, 0.29) is 5.97 Å². The largest absolute Gasteiger partial charge is 0.466 e. The molecular weight excluding hydrogens is 128 g/mol. The molecule has 2 heteroatoms. The number of hydrogen-bond donors (Lipinski definition) is 0. The second-order valence-electron chi connectivity index (χ2n) is 2.70. The Kier molecular flexibility index (Phi) is 2.10. The van der Waals surface area contributed by atoms with Crippen molar-refractivity contribution in [2.75, 3.05) is 7.11 Å². The van der Waals surface area contributed by atoms with Crippen molar-refractivity contribution in [3.63, 3.8) is 0 Å². The first-order valence-electron chi connectivity index (χ1n) is 3.53. The van der Waals surface area contributed by atoms with Crippen LogP contribution in [0.5, 0.6) is 0 Å². The van der Waals surface area contributed by atoms with Gasteiger partial charge in [0, 0.05) is 5.57 Å². The van der Waals surface area contributed by atoms with Crippen molar-refractivity contribution in [3.05, 3.63) is 11.6 Å². The number of carbonyl (C=O) groups excluding carboxylic acids is 1. The van der Waals surface area contributed by atoms with Gasteiger partial charge in [-0.25, -0.2) is 4.79 Å². The molecule has 0 amide bonds. The van der Waals surface area contributed by atoms with E-state index in [0.717, 1.165) is 18.4 Å². The molecule has 0 aromatic rings. The zero-order valence-corrected chi connectivity index (χ0v) is 6.39. The van der Waals surface area contributed by atoms with E-state index in [1.165, 1.54) is 7.11 Å². The Labute approximate surface area is 60.9 Å². The van der Waals surface area contributed by atoms with Crippen molar-refractivity contribution < 1.29 is 9.53 Å². The van der Waals surface area contributed by atoms with E-state index in [0.29, 0.717) is 5.92 Å². The molecule has 0 heterocycles. The molecule has 2 nitrogen and oxygen atoms in total. The van der Waals surface area contributed by atoms with Crippen LogP contribution in [0.2, 0.25) is 0 Å². The summed E-state index contributed by atoms with van der Waals surface area (Å²) in [6, 6.07) is 0. The molecule has 1 atom stereocenters. The number of allylic oxidation sites excluding steroid dienone is 1. The predicted octanol–water partition coefficient (Wildman–Crippen LogP) is 1.52. The van der Waals surface area contributed by atoms with Crippen molar-refractivity contribution >= 4 is 5.97 Å². The third-order valence-electron chi connectivity index (χ3n) is 1.80. The Morgan fingerprint density at radius 2 is 2.50 bits per heavy atom. The molecule has 0 N–H and O–H groups in total. The maximum atomic E-state index is 10.9. The van der Waals surface area contributed by atoms with Gasteiger partial charge in [-0.3, -0.25) is 0 Å². The van der Waals surface area contributed by atoms with Crippen molar-refractivity contribution in [1.29, 1.82) is 0 Å². The van der Waals surface area contributed by atoms with Crippen LogP contribution in [0, 0.1) is 5.92 Å². The lowest BCUT2D eigenvalue weighted by molar-refractivity contribution is -0.136. The molecule has 10 heavy (non-hydrogen) atoms. The van der Waals surface area contributed by atoms with Crippen molar-refractivity contribution in [1.82, 2.24) is 0 Å². The van der Waals surface area contributed by atoms with Crippen LogP contribution in [0.1, 0.15) is 19.8 Å². The van der Waals surface area contributed by atoms with Crippen LogP contribution in [0.3, 0.4) is 0 Å². The Morgan fingerprint density at radius 1 is 1.80 bits per heavy atom. The molecule has 0 radical (unpaired) electrons. The molecule has 0 aliphatic heterocycles. The molecular formula is C8H12O2. The zero-order valence-electron chi connectivity index (χ0n) is 6.39. The molecule has 0 bridgehead atoms. The number of hydrogen-bond acceptors (Lipinski definition) is 2. The lowest BCUT2D eigenvalue weighted by atomic mass is 10.2. The third-order valence-corrected chi connectivity index (χ3v) is 1.80. The lowest BCUT2D eigenvalue weighted by Crippen LogP contribution is -2.01. The first-order valence-corrected chi connectivity index (χ1v) is 3.53. The quantitative estimate of drug-likeness (QED) is 0.516. The molecule has 0 aromatic carbocycles. The van der Waals surface area contributed by atoms with E-state index < -0.39 is 0 Å². The minimum atomic E-state index is -0.163. The fraction of sp³-hybridized carbons (Fsp3) is 0.625. The first-order chi connectivity index (χ1) is 4.74. The van der Waals surface area contributed by atoms with E-state index in [1.807, 2.05) is 6.08 Å². The van der Waals surface area contributed by atoms with E-state index in [9.17, 15) is 4.79 Å². The van der Waals surface area contributed by atoms with Gasteiger partial charge in [0.15, 0.2) is 0 Å². The summed E-state index contributed by atoms with van der Waals surface area (Å²) >= 11 is 0. The number of carbonyl (C=O) groups is 1. The van der Waals surface area contributed by atoms with E-state index in [4.69, 9.17) is 0 Å². The molecule has 56 valence electrons. The summed E-state index contributed by atoms with van der Waals surface area (Å²) in [5.74, 6) is 0.387. The maximum absolute atomic E-state index is 10.9. The summed E-state index contributed by atoms with van der Waals surface area (Å²) in [4.78, 5) is 10.9. The second-order valence-corrected chi connectivity index (χ2v) is 2.70. The van der Waals surface area contributed by atoms with Crippen LogP contribution in [0.25, 0.3) is 0 Å². The Hall–Kier alpha value is -0.790. The molecule has 0 saturated heterocycles. The molecule has 0 saturated carbocycles. The topological polar surface area (TPSA) is 26.3 Å².